The van der Waals surface area contributed by atoms with Crippen LogP contribution >= 0.6 is 0 Å². The maximum Gasteiger partial charge on any atom is 0.139 e. The molecule has 18 heavy (non-hydrogen) atoms. The highest BCUT2D eigenvalue weighted by Gasteiger charge is 2.07. The van der Waals surface area contributed by atoms with Crippen LogP contribution < -0.4 is 10.1 Å². The van der Waals surface area contributed by atoms with Crippen molar-refractivity contribution in [3.8, 4) is 5.75 Å². The predicted molar refractivity (Wildman–Crippen MR) is 73.7 cm³/mol. The lowest BCUT2D eigenvalue weighted by atomic mass is 10.1. The topological polar surface area (TPSA) is 41.5 Å². The average Bonchev–Trinajstić information content (AvgIpc) is 2.35. The van der Waals surface area contributed by atoms with Gasteiger partial charge >= 0.3 is 0 Å². The number of aliphatic hydroxyl groups is 1. The van der Waals surface area contributed by atoms with Crippen molar-refractivity contribution in [1.82, 2.24) is 5.32 Å². The van der Waals surface area contributed by atoms with Crippen molar-refractivity contribution in [3.05, 3.63) is 42.5 Å². The molecule has 0 spiro atoms. The molecule has 2 aromatic rings. The van der Waals surface area contributed by atoms with Crippen LogP contribution in [0.2, 0.25) is 0 Å². The van der Waals surface area contributed by atoms with Crippen molar-refractivity contribution in [2.45, 2.75) is 26.1 Å². The summed E-state index contributed by atoms with van der Waals surface area (Å²) in [6, 6.07) is 14.2. The van der Waals surface area contributed by atoms with Gasteiger partial charge in [-0.3, -0.25) is 5.32 Å². The molecule has 0 aliphatic rings. The van der Waals surface area contributed by atoms with Gasteiger partial charge in [-0.1, -0.05) is 36.4 Å². The molecule has 2 N–H and O–H groups in total. The summed E-state index contributed by atoms with van der Waals surface area (Å²) in [7, 11) is 0. The second kappa shape index (κ2) is 5.85. The molecule has 0 amide bonds. The Morgan fingerprint density at radius 3 is 2.61 bits per heavy atom. The molecule has 0 radical (unpaired) electrons. The first-order chi connectivity index (χ1) is 8.66. The van der Waals surface area contributed by atoms with Crippen molar-refractivity contribution in [1.29, 1.82) is 0 Å². The number of rotatable bonds is 5. The van der Waals surface area contributed by atoms with Crippen molar-refractivity contribution in [2.75, 3.05) is 6.61 Å². The molecule has 1 atom stereocenters. The van der Waals surface area contributed by atoms with Crippen LogP contribution in [0.3, 0.4) is 0 Å². The van der Waals surface area contributed by atoms with Crippen LogP contribution in [0.15, 0.2) is 42.5 Å². The van der Waals surface area contributed by atoms with Gasteiger partial charge in [0.1, 0.15) is 18.6 Å². The van der Waals surface area contributed by atoms with E-state index < -0.39 is 6.23 Å². The summed E-state index contributed by atoms with van der Waals surface area (Å²) in [5.41, 5.74) is 0. The first-order valence-corrected chi connectivity index (χ1v) is 6.21. The fourth-order valence-electron chi connectivity index (χ4n) is 1.92. The SMILES string of the molecule is CC(C)N[C@@H](O)COc1cccc2ccccc12. The first-order valence-electron chi connectivity index (χ1n) is 6.21. The van der Waals surface area contributed by atoms with Crippen molar-refractivity contribution < 1.29 is 9.84 Å². The minimum Gasteiger partial charge on any atom is -0.489 e. The van der Waals surface area contributed by atoms with E-state index in [9.17, 15) is 5.11 Å². The van der Waals surface area contributed by atoms with Crippen molar-refractivity contribution in [2.24, 2.45) is 0 Å². The van der Waals surface area contributed by atoms with Crippen molar-refractivity contribution >= 4 is 10.8 Å². The Bertz CT molecular complexity index is 505. The molecule has 2 rings (SSSR count). The summed E-state index contributed by atoms with van der Waals surface area (Å²) in [6.07, 6.45) is -0.649. The third kappa shape index (κ3) is 3.22. The number of benzene rings is 2. The Morgan fingerprint density at radius 1 is 1.11 bits per heavy atom. The summed E-state index contributed by atoms with van der Waals surface area (Å²) < 4.78 is 5.67. The van der Waals surface area contributed by atoms with Gasteiger partial charge in [-0.15, -0.1) is 0 Å². The third-order valence-corrected chi connectivity index (χ3v) is 2.67. The highest BCUT2D eigenvalue weighted by atomic mass is 16.5. The zero-order valence-electron chi connectivity index (χ0n) is 10.8. The fraction of sp³-hybridized carbons (Fsp3) is 0.333. The quantitative estimate of drug-likeness (QED) is 0.795. The Morgan fingerprint density at radius 2 is 1.83 bits per heavy atom. The normalized spacial score (nSPS) is 12.9. The van der Waals surface area contributed by atoms with Crippen LogP contribution in [0.1, 0.15) is 13.8 Å². The number of nitrogens with one attached hydrogen (secondary N) is 1. The maximum absolute atomic E-state index is 9.72. The second-order valence-electron chi connectivity index (χ2n) is 4.63. The molecule has 2 aromatic carbocycles. The molecule has 0 heterocycles. The van der Waals surface area contributed by atoms with Crippen LogP contribution in [0, 0.1) is 0 Å². The molecule has 0 aliphatic carbocycles. The van der Waals surface area contributed by atoms with Gasteiger partial charge < -0.3 is 9.84 Å². The van der Waals surface area contributed by atoms with Gasteiger partial charge in [-0.05, 0) is 25.3 Å². The molecule has 3 nitrogen and oxygen atoms in total. The summed E-state index contributed by atoms with van der Waals surface area (Å²) >= 11 is 0. The Labute approximate surface area is 107 Å². The molecule has 0 bridgehead atoms. The third-order valence-electron chi connectivity index (χ3n) is 2.67. The monoisotopic (exact) mass is 245 g/mol. The zero-order chi connectivity index (χ0) is 13.0. The zero-order valence-corrected chi connectivity index (χ0v) is 10.8. The molecule has 3 heteroatoms. The molecule has 0 aromatic heterocycles. The van der Waals surface area contributed by atoms with E-state index in [4.69, 9.17) is 4.74 Å². The summed E-state index contributed by atoms with van der Waals surface area (Å²) in [5.74, 6) is 0.803. The number of hydrogen-bond acceptors (Lipinski definition) is 3. The lowest BCUT2D eigenvalue weighted by Crippen LogP contribution is -2.38. The average molecular weight is 245 g/mol. The maximum atomic E-state index is 9.72. The number of aliphatic hydroxyl groups excluding tert-OH is 1. The van der Waals surface area contributed by atoms with Crippen molar-refractivity contribution in [3.63, 3.8) is 0 Å². The van der Waals surface area contributed by atoms with E-state index in [1.807, 2.05) is 56.3 Å². The van der Waals surface area contributed by atoms with Crippen LogP contribution in [0.5, 0.6) is 5.75 Å². The minimum absolute atomic E-state index is 0.233. The van der Waals surface area contributed by atoms with E-state index in [2.05, 4.69) is 5.32 Å². The summed E-state index contributed by atoms with van der Waals surface area (Å²) in [5, 5.41) is 14.9. The van der Waals surface area contributed by atoms with Gasteiger partial charge in [-0.25, -0.2) is 0 Å². The summed E-state index contributed by atoms with van der Waals surface area (Å²) in [6.45, 7) is 4.22. The van der Waals surface area contributed by atoms with Gasteiger partial charge in [-0.2, -0.15) is 0 Å². The largest absolute Gasteiger partial charge is 0.489 e. The number of fused-ring (bicyclic) bond motifs is 1. The van der Waals surface area contributed by atoms with Crippen LogP contribution in [0.4, 0.5) is 0 Å². The molecular weight excluding hydrogens is 226 g/mol. The molecule has 0 aliphatic heterocycles. The van der Waals surface area contributed by atoms with Gasteiger partial charge in [0.05, 0.1) is 0 Å². The van der Waals surface area contributed by atoms with E-state index >= 15 is 0 Å². The van der Waals surface area contributed by atoms with E-state index in [1.165, 1.54) is 0 Å². The summed E-state index contributed by atoms with van der Waals surface area (Å²) in [4.78, 5) is 0. The van der Waals surface area contributed by atoms with E-state index in [0.717, 1.165) is 16.5 Å². The Balaban J connectivity index is 2.08. The smallest absolute Gasteiger partial charge is 0.139 e. The van der Waals surface area contributed by atoms with Gasteiger partial charge in [0.25, 0.3) is 0 Å². The molecule has 0 saturated heterocycles. The standard InChI is InChI=1S/C15H19NO2/c1-11(2)16-15(17)10-18-14-9-5-7-12-6-3-4-8-13(12)14/h3-9,11,15-17H,10H2,1-2H3/t15-/m0/s1. The molecule has 96 valence electrons. The van der Waals surface area contributed by atoms with Crippen LogP contribution in [-0.4, -0.2) is 24.0 Å². The highest BCUT2D eigenvalue weighted by Crippen LogP contribution is 2.25. The Kier molecular flexibility index (Phi) is 4.18. The lowest BCUT2D eigenvalue weighted by molar-refractivity contribution is 0.0725. The molecule has 0 fully saturated rings. The number of hydrogen-bond donors (Lipinski definition) is 2. The molecule has 0 unspecified atom stereocenters. The van der Waals surface area contributed by atoms with Crippen LogP contribution in [-0.2, 0) is 0 Å². The molecule has 0 saturated carbocycles. The van der Waals surface area contributed by atoms with E-state index in [1.54, 1.807) is 0 Å². The number of ether oxygens (including phenoxy) is 1. The highest BCUT2D eigenvalue weighted by molar-refractivity contribution is 5.88. The first kappa shape index (κ1) is 12.9. The van der Waals surface area contributed by atoms with E-state index in [0.29, 0.717) is 0 Å². The minimum atomic E-state index is -0.649. The van der Waals surface area contributed by atoms with Gasteiger partial charge in [0, 0.05) is 11.4 Å². The fourth-order valence-corrected chi connectivity index (χ4v) is 1.92. The van der Waals surface area contributed by atoms with E-state index in [-0.39, 0.29) is 12.6 Å². The van der Waals surface area contributed by atoms with Crippen LogP contribution in [0.25, 0.3) is 10.8 Å². The second-order valence-corrected chi connectivity index (χ2v) is 4.63. The van der Waals surface area contributed by atoms with Gasteiger partial charge in [0.15, 0.2) is 0 Å². The molecular formula is C15H19NO2. The lowest BCUT2D eigenvalue weighted by Gasteiger charge is -2.17. The predicted octanol–water partition coefficient (Wildman–Crippen LogP) is 2.54. The Hall–Kier alpha value is -1.58. The van der Waals surface area contributed by atoms with Gasteiger partial charge in [0.2, 0.25) is 0 Å².